The van der Waals surface area contributed by atoms with E-state index in [0.29, 0.717) is 6.42 Å². The average molecular weight is 275 g/mol. The van der Waals surface area contributed by atoms with E-state index in [4.69, 9.17) is 4.98 Å². The van der Waals surface area contributed by atoms with Crippen molar-refractivity contribution in [2.24, 2.45) is 0 Å². The van der Waals surface area contributed by atoms with Crippen LogP contribution in [-0.2, 0) is 11.2 Å². The third-order valence-electron chi connectivity index (χ3n) is 4.12. The summed E-state index contributed by atoms with van der Waals surface area (Å²) in [5.41, 5.74) is 4.64. The second kappa shape index (κ2) is 4.42. The van der Waals surface area contributed by atoms with Crippen molar-refractivity contribution in [2.45, 2.75) is 12.3 Å². The highest BCUT2D eigenvalue weighted by Crippen LogP contribution is 2.39. The van der Waals surface area contributed by atoms with E-state index < -0.39 is 11.9 Å². The lowest BCUT2D eigenvalue weighted by Crippen LogP contribution is -2.20. The Morgan fingerprint density at radius 1 is 1.10 bits per heavy atom. The van der Waals surface area contributed by atoms with Crippen LogP contribution in [0.25, 0.3) is 22.2 Å². The third-order valence-corrected chi connectivity index (χ3v) is 4.12. The molecule has 1 unspecified atom stereocenters. The highest BCUT2D eigenvalue weighted by molar-refractivity contribution is 5.90. The van der Waals surface area contributed by atoms with Crippen molar-refractivity contribution < 1.29 is 9.90 Å². The zero-order chi connectivity index (χ0) is 14.4. The molecule has 0 bridgehead atoms. The first-order valence-electron chi connectivity index (χ1n) is 6.95. The number of para-hydroxylation sites is 1. The molecule has 1 aromatic heterocycles. The van der Waals surface area contributed by atoms with Crippen LogP contribution < -0.4 is 0 Å². The van der Waals surface area contributed by atoms with E-state index in [1.165, 1.54) is 0 Å². The van der Waals surface area contributed by atoms with Gasteiger partial charge in [0.2, 0.25) is 0 Å². The Labute approximate surface area is 121 Å². The van der Waals surface area contributed by atoms with Crippen LogP contribution in [0.1, 0.15) is 17.0 Å². The van der Waals surface area contributed by atoms with Crippen LogP contribution >= 0.6 is 0 Å². The molecule has 3 heteroatoms. The van der Waals surface area contributed by atoms with E-state index in [-0.39, 0.29) is 0 Å². The monoisotopic (exact) mass is 275 g/mol. The second-order valence-corrected chi connectivity index (χ2v) is 5.37. The summed E-state index contributed by atoms with van der Waals surface area (Å²) in [5.74, 6) is -1.31. The Hall–Kier alpha value is -2.68. The van der Waals surface area contributed by atoms with Crippen molar-refractivity contribution in [1.29, 1.82) is 0 Å². The highest BCUT2D eigenvalue weighted by Gasteiger charge is 2.30. The standard InChI is InChI=1S/C18H13NO2/c20-18(21)15-9-11-5-1-3-7-13(11)17-14(15)10-12-6-2-4-8-16(12)19-17/h1-8,10,15H,9H2,(H,20,21). The lowest BCUT2D eigenvalue weighted by Gasteiger charge is -2.24. The number of pyridine rings is 1. The maximum atomic E-state index is 11.6. The lowest BCUT2D eigenvalue weighted by atomic mass is 9.81. The van der Waals surface area contributed by atoms with Crippen molar-refractivity contribution in [2.75, 3.05) is 0 Å². The summed E-state index contributed by atoms with van der Waals surface area (Å²) >= 11 is 0. The molecule has 0 amide bonds. The topological polar surface area (TPSA) is 50.2 Å². The molecule has 3 aromatic rings. The maximum Gasteiger partial charge on any atom is 0.311 e. The van der Waals surface area contributed by atoms with E-state index in [9.17, 15) is 9.90 Å². The molecular weight excluding hydrogens is 262 g/mol. The van der Waals surface area contributed by atoms with Crippen LogP contribution in [0, 0.1) is 0 Å². The summed E-state index contributed by atoms with van der Waals surface area (Å²) in [6.45, 7) is 0. The summed E-state index contributed by atoms with van der Waals surface area (Å²) in [5, 5.41) is 10.5. The molecule has 3 nitrogen and oxygen atoms in total. The molecule has 0 saturated heterocycles. The van der Waals surface area contributed by atoms with E-state index in [2.05, 4.69) is 0 Å². The number of carboxylic acid groups (broad SMARTS) is 1. The Balaban J connectivity index is 2.07. The van der Waals surface area contributed by atoms with Crippen LogP contribution in [0.2, 0.25) is 0 Å². The average Bonchev–Trinajstić information content (AvgIpc) is 2.52. The fourth-order valence-corrected chi connectivity index (χ4v) is 3.09. The van der Waals surface area contributed by atoms with Crippen molar-refractivity contribution in [3.8, 4) is 11.3 Å². The summed E-state index contributed by atoms with van der Waals surface area (Å²) in [6, 6.07) is 17.7. The first-order valence-corrected chi connectivity index (χ1v) is 6.95. The SMILES string of the molecule is O=C(O)C1Cc2ccccc2-c2nc3ccccc3cc21. The van der Waals surface area contributed by atoms with E-state index in [0.717, 1.165) is 33.3 Å². The Kier molecular flexibility index (Phi) is 2.54. The molecule has 1 aliphatic carbocycles. The summed E-state index contributed by atoms with van der Waals surface area (Å²) < 4.78 is 0. The molecular formula is C18H13NO2. The van der Waals surface area contributed by atoms with Crippen molar-refractivity contribution in [1.82, 2.24) is 4.98 Å². The van der Waals surface area contributed by atoms with Crippen LogP contribution in [0.5, 0.6) is 0 Å². The van der Waals surface area contributed by atoms with Crippen molar-refractivity contribution >= 4 is 16.9 Å². The molecule has 0 aliphatic heterocycles. The van der Waals surface area contributed by atoms with E-state index in [1.54, 1.807) is 0 Å². The predicted molar refractivity (Wildman–Crippen MR) is 81.3 cm³/mol. The Morgan fingerprint density at radius 2 is 1.86 bits per heavy atom. The number of benzene rings is 2. The Morgan fingerprint density at radius 3 is 2.71 bits per heavy atom. The lowest BCUT2D eigenvalue weighted by molar-refractivity contribution is -0.138. The third kappa shape index (κ3) is 1.82. The molecule has 0 fully saturated rings. The molecule has 4 rings (SSSR count). The van der Waals surface area contributed by atoms with Gasteiger partial charge in [0.1, 0.15) is 0 Å². The maximum absolute atomic E-state index is 11.6. The largest absolute Gasteiger partial charge is 0.481 e. The zero-order valence-electron chi connectivity index (χ0n) is 11.3. The number of nitrogens with zero attached hydrogens (tertiary/aromatic N) is 1. The molecule has 1 heterocycles. The van der Waals surface area contributed by atoms with Gasteiger partial charge in [-0.3, -0.25) is 4.79 Å². The van der Waals surface area contributed by atoms with Crippen LogP contribution in [0.15, 0.2) is 54.6 Å². The van der Waals surface area contributed by atoms with E-state index >= 15 is 0 Å². The van der Waals surface area contributed by atoms with Gasteiger partial charge in [-0.25, -0.2) is 4.98 Å². The molecule has 0 radical (unpaired) electrons. The van der Waals surface area contributed by atoms with Crippen LogP contribution in [-0.4, -0.2) is 16.1 Å². The molecule has 1 atom stereocenters. The van der Waals surface area contributed by atoms with Gasteiger partial charge in [-0.1, -0.05) is 42.5 Å². The molecule has 21 heavy (non-hydrogen) atoms. The number of hydrogen-bond donors (Lipinski definition) is 1. The normalized spacial score (nSPS) is 16.3. The number of aromatic nitrogens is 1. The minimum Gasteiger partial charge on any atom is -0.481 e. The minimum atomic E-state index is -0.789. The van der Waals surface area contributed by atoms with Gasteiger partial charge in [-0.2, -0.15) is 0 Å². The van der Waals surface area contributed by atoms with Gasteiger partial charge in [0.05, 0.1) is 17.1 Å². The quantitative estimate of drug-likeness (QED) is 0.737. The second-order valence-electron chi connectivity index (χ2n) is 5.37. The van der Waals surface area contributed by atoms with E-state index in [1.807, 2.05) is 54.6 Å². The molecule has 1 N–H and O–H groups in total. The number of carboxylic acids is 1. The fraction of sp³-hybridized carbons (Fsp3) is 0.111. The van der Waals surface area contributed by atoms with Gasteiger partial charge in [-0.15, -0.1) is 0 Å². The summed E-state index contributed by atoms with van der Waals surface area (Å²) in [6.07, 6.45) is 0.526. The fourth-order valence-electron chi connectivity index (χ4n) is 3.09. The van der Waals surface area contributed by atoms with Crippen LogP contribution in [0.3, 0.4) is 0 Å². The number of fused-ring (bicyclic) bond motifs is 4. The highest BCUT2D eigenvalue weighted by atomic mass is 16.4. The summed E-state index contributed by atoms with van der Waals surface area (Å²) in [7, 11) is 0. The molecule has 0 spiro atoms. The molecule has 1 aliphatic rings. The first-order chi connectivity index (χ1) is 10.2. The van der Waals surface area contributed by atoms with Gasteiger partial charge >= 0.3 is 5.97 Å². The predicted octanol–water partition coefficient (Wildman–Crippen LogP) is 3.63. The molecule has 102 valence electrons. The van der Waals surface area contributed by atoms with Gasteiger partial charge in [0, 0.05) is 10.9 Å². The molecule has 2 aromatic carbocycles. The van der Waals surface area contributed by atoms with Crippen molar-refractivity contribution in [3.63, 3.8) is 0 Å². The first kappa shape index (κ1) is 12.1. The number of carbonyl (C=O) groups is 1. The number of aliphatic carboxylic acids is 1. The number of rotatable bonds is 1. The minimum absolute atomic E-state index is 0.521. The zero-order valence-corrected chi connectivity index (χ0v) is 11.3. The van der Waals surface area contributed by atoms with Gasteiger partial charge < -0.3 is 5.11 Å². The van der Waals surface area contributed by atoms with Crippen LogP contribution in [0.4, 0.5) is 0 Å². The smallest absolute Gasteiger partial charge is 0.311 e. The molecule has 0 saturated carbocycles. The van der Waals surface area contributed by atoms with Gasteiger partial charge in [0.15, 0.2) is 0 Å². The number of hydrogen-bond acceptors (Lipinski definition) is 2. The van der Waals surface area contributed by atoms with Crippen molar-refractivity contribution in [3.05, 3.63) is 65.7 Å². The Bertz CT molecular complexity index is 870. The van der Waals surface area contributed by atoms with Gasteiger partial charge in [0.25, 0.3) is 0 Å². The summed E-state index contributed by atoms with van der Waals surface area (Å²) in [4.78, 5) is 16.4. The van der Waals surface area contributed by atoms with Gasteiger partial charge in [-0.05, 0) is 29.7 Å².